The molecular formula is C54H93NaO7S. The second-order valence-corrected chi connectivity index (χ2v) is 19.2. The Balaban J connectivity index is 0.0000384. The molecule has 9 heteroatoms. The predicted molar refractivity (Wildman–Crippen MR) is 260 cm³/mol. The average Bonchev–Trinajstić information content (AvgIpc) is 3.26. The van der Waals surface area contributed by atoms with Crippen LogP contribution < -0.4 is 29.6 Å². The van der Waals surface area contributed by atoms with E-state index in [1.807, 2.05) is 0 Å². The van der Waals surface area contributed by atoms with E-state index in [9.17, 15) is 22.6 Å². The van der Waals surface area contributed by atoms with E-state index in [4.69, 9.17) is 9.47 Å². The van der Waals surface area contributed by atoms with Gasteiger partial charge in [-0.25, -0.2) is 18.0 Å². The van der Waals surface area contributed by atoms with Gasteiger partial charge in [-0.2, -0.15) is 0 Å². The minimum Gasteiger partial charge on any atom is -0.744 e. The maximum atomic E-state index is 13.1. The molecule has 0 aliphatic carbocycles. The van der Waals surface area contributed by atoms with Gasteiger partial charge in [0.1, 0.15) is 10.1 Å². The van der Waals surface area contributed by atoms with Gasteiger partial charge in [-0.05, 0) is 76.3 Å². The van der Waals surface area contributed by atoms with Crippen molar-refractivity contribution in [2.75, 3.05) is 13.2 Å². The number of carbonyl (C=O) groups excluding carboxylic acids is 2. The Labute approximate surface area is 410 Å². The van der Waals surface area contributed by atoms with Gasteiger partial charge in [-0.1, -0.05) is 224 Å². The van der Waals surface area contributed by atoms with Crippen molar-refractivity contribution < 1.29 is 61.6 Å². The van der Waals surface area contributed by atoms with E-state index in [1.54, 1.807) is 0 Å². The zero-order valence-corrected chi connectivity index (χ0v) is 43.9. The van der Waals surface area contributed by atoms with Gasteiger partial charge in [0.2, 0.25) is 0 Å². The minimum atomic E-state index is -5.02. The molecule has 0 bridgehead atoms. The molecule has 0 N–H and O–H groups in total. The fourth-order valence-electron chi connectivity index (χ4n) is 8.07. The van der Waals surface area contributed by atoms with E-state index in [1.165, 1.54) is 185 Å². The minimum absolute atomic E-state index is 0. The number of hydrogen-bond donors (Lipinski definition) is 0. The zero-order chi connectivity index (χ0) is 45.0. The Morgan fingerprint density at radius 1 is 0.444 bits per heavy atom. The van der Waals surface area contributed by atoms with Crippen LogP contribution in [-0.2, 0) is 19.6 Å². The summed E-state index contributed by atoms with van der Waals surface area (Å²) < 4.78 is 46.9. The van der Waals surface area contributed by atoms with Crippen LogP contribution in [0.1, 0.15) is 279 Å². The SMILES string of the molecule is CCCCCCCCCCCCC/C=C/CCCCCCCCOC(=O)c1cccc(S(=O)(=O)[O-])c1C(=O)OCCCCCCCC/C=C/CCCCCCCCCCCCC.[Na+]. The molecule has 1 aromatic rings. The molecule has 0 heterocycles. The quantitative estimate of drug-likeness (QED) is 0.0211. The number of benzene rings is 1. The standard InChI is InChI=1S/C54H94O7S.Na/c1-3-5-7-9-11-13-15-17-19-21-23-25-27-29-31-33-35-37-39-41-43-48-60-53(55)50-46-45-47-51(62(57,58)59)52(50)54(56)61-49-44-42-40-38-36-34-32-30-28-26-24-22-20-18-16-14-12-10-8-6-4-2;/h27-30,45-47H,3-26,31-44,48-49H2,1-2H3,(H,57,58,59);/q;+1/p-1/b29-27+,30-28+;. The Bertz CT molecular complexity index is 1380. The van der Waals surface area contributed by atoms with Gasteiger partial charge in [0.15, 0.2) is 0 Å². The van der Waals surface area contributed by atoms with Crippen molar-refractivity contribution in [3.05, 3.63) is 53.6 Å². The molecule has 0 amide bonds. The predicted octanol–water partition coefficient (Wildman–Crippen LogP) is 13.9. The second-order valence-electron chi connectivity index (χ2n) is 17.8. The molecule has 0 aliphatic heterocycles. The van der Waals surface area contributed by atoms with E-state index in [2.05, 4.69) is 38.2 Å². The van der Waals surface area contributed by atoms with E-state index >= 15 is 0 Å². The number of carbonyl (C=O) groups is 2. The fourth-order valence-corrected chi connectivity index (χ4v) is 8.76. The van der Waals surface area contributed by atoms with Crippen LogP contribution in [0, 0.1) is 0 Å². The summed E-state index contributed by atoms with van der Waals surface area (Å²) in [5.41, 5.74) is -0.784. The summed E-state index contributed by atoms with van der Waals surface area (Å²) in [6.45, 7) is 4.78. The van der Waals surface area contributed by atoms with E-state index in [0.29, 0.717) is 12.8 Å². The van der Waals surface area contributed by atoms with Crippen molar-refractivity contribution in [2.24, 2.45) is 0 Å². The van der Waals surface area contributed by atoms with Gasteiger partial charge < -0.3 is 14.0 Å². The molecule has 0 spiro atoms. The molecule has 1 rings (SSSR count). The van der Waals surface area contributed by atoms with Crippen LogP contribution in [0.15, 0.2) is 47.4 Å². The van der Waals surface area contributed by atoms with Crippen LogP contribution in [0.5, 0.6) is 0 Å². The normalized spacial score (nSPS) is 11.7. The summed E-state index contributed by atoms with van der Waals surface area (Å²) in [5, 5.41) is 0. The summed E-state index contributed by atoms with van der Waals surface area (Å²) in [4.78, 5) is 25.3. The number of ether oxygens (including phenoxy) is 2. The van der Waals surface area contributed by atoms with Crippen LogP contribution >= 0.6 is 0 Å². The Morgan fingerprint density at radius 3 is 1.05 bits per heavy atom. The van der Waals surface area contributed by atoms with Gasteiger partial charge in [-0.3, -0.25) is 0 Å². The van der Waals surface area contributed by atoms with Gasteiger partial charge in [0.05, 0.1) is 29.2 Å². The molecule has 0 atom stereocenters. The molecule has 0 saturated carbocycles. The molecule has 1 aromatic carbocycles. The molecule has 358 valence electrons. The molecule has 0 unspecified atom stereocenters. The first-order chi connectivity index (χ1) is 30.3. The molecule has 0 aromatic heterocycles. The first-order valence-electron chi connectivity index (χ1n) is 26.1. The maximum Gasteiger partial charge on any atom is 1.00 e. The third kappa shape index (κ3) is 37.3. The second kappa shape index (κ2) is 45.7. The van der Waals surface area contributed by atoms with Crippen LogP contribution in [0.25, 0.3) is 0 Å². The summed E-state index contributed by atoms with van der Waals surface area (Å²) in [5.74, 6) is -1.82. The summed E-state index contributed by atoms with van der Waals surface area (Å²) >= 11 is 0. The number of allylic oxidation sites excluding steroid dienone is 4. The summed E-state index contributed by atoms with van der Waals surface area (Å²) in [6.07, 6.45) is 56.2. The summed E-state index contributed by atoms with van der Waals surface area (Å²) in [6, 6.07) is 3.63. The van der Waals surface area contributed by atoms with E-state index in [-0.39, 0.29) is 48.3 Å². The molecular weight excluding hydrogens is 816 g/mol. The molecule has 0 saturated heterocycles. The topological polar surface area (TPSA) is 110 Å². The van der Waals surface area contributed by atoms with E-state index < -0.39 is 32.5 Å². The molecule has 0 radical (unpaired) electrons. The monoisotopic (exact) mass is 909 g/mol. The first-order valence-corrected chi connectivity index (χ1v) is 27.5. The van der Waals surface area contributed by atoms with Crippen molar-refractivity contribution in [1.82, 2.24) is 0 Å². The number of unbranched alkanes of at least 4 members (excludes halogenated alkanes) is 34. The Hall–Kier alpha value is -1.45. The van der Waals surface area contributed by atoms with Gasteiger partial charge in [-0.15, -0.1) is 0 Å². The third-order valence-corrected chi connectivity index (χ3v) is 12.9. The first kappa shape index (κ1) is 61.5. The largest absolute Gasteiger partial charge is 1.00 e. The van der Waals surface area contributed by atoms with Crippen LogP contribution in [-0.4, -0.2) is 38.1 Å². The van der Waals surface area contributed by atoms with Crippen molar-refractivity contribution in [1.29, 1.82) is 0 Å². The van der Waals surface area contributed by atoms with Gasteiger partial charge in [0, 0.05) is 0 Å². The zero-order valence-electron chi connectivity index (χ0n) is 41.1. The molecule has 0 aliphatic rings. The third-order valence-electron chi connectivity index (χ3n) is 12.0. The molecule has 63 heavy (non-hydrogen) atoms. The van der Waals surface area contributed by atoms with Crippen LogP contribution in [0.2, 0.25) is 0 Å². The van der Waals surface area contributed by atoms with Gasteiger partial charge in [0.25, 0.3) is 0 Å². The van der Waals surface area contributed by atoms with Crippen molar-refractivity contribution in [2.45, 2.75) is 263 Å². The molecule has 0 fully saturated rings. The fraction of sp³-hybridized carbons (Fsp3) is 0.778. The number of esters is 2. The number of hydrogen-bond acceptors (Lipinski definition) is 7. The van der Waals surface area contributed by atoms with Crippen molar-refractivity contribution in [3.63, 3.8) is 0 Å². The smallest absolute Gasteiger partial charge is 0.744 e. The van der Waals surface area contributed by atoms with Gasteiger partial charge >= 0.3 is 41.5 Å². The van der Waals surface area contributed by atoms with E-state index in [0.717, 1.165) is 63.9 Å². The number of rotatable bonds is 45. The van der Waals surface area contributed by atoms with Crippen LogP contribution in [0.3, 0.4) is 0 Å². The molecule has 7 nitrogen and oxygen atoms in total. The average molecular weight is 909 g/mol. The Kier molecular flexibility index (Phi) is 44.6. The maximum absolute atomic E-state index is 13.1. The van der Waals surface area contributed by atoms with Crippen molar-refractivity contribution in [3.8, 4) is 0 Å². The van der Waals surface area contributed by atoms with Crippen molar-refractivity contribution >= 4 is 22.1 Å². The Morgan fingerprint density at radius 2 is 0.730 bits per heavy atom. The summed E-state index contributed by atoms with van der Waals surface area (Å²) in [7, 11) is -5.02. The van der Waals surface area contributed by atoms with Crippen LogP contribution in [0.4, 0.5) is 0 Å².